The summed E-state index contributed by atoms with van der Waals surface area (Å²) >= 11 is 0. The number of rotatable bonds is 7. The molecule has 1 saturated heterocycles. The first kappa shape index (κ1) is 19.2. The predicted molar refractivity (Wildman–Crippen MR) is 109 cm³/mol. The van der Waals surface area contributed by atoms with Crippen molar-refractivity contribution in [2.45, 2.75) is 13.3 Å². The monoisotopic (exact) mass is 368 g/mol. The molecular formula is C21H28N4O2. The fraction of sp³-hybridized carbons (Fsp3) is 0.429. The predicted octanol–water partition coefficient (Wildman–Crippen LogP) is 2.80. The SMILES string of the molecule is COCCCNc1ccnc(C(=O)N2CCN(c3cccc(C)c3)CC2)c1. The van der Waals surface area contributed by atoms with E-state index in [4.69, 9.17) is 4.74 Å². The Kier molecular flexibility index (Phi) is 6.65. The summed E-state index contributed by atoms with van der Waals surface area (Å²) in [4.78, 5) is 21.3. The molecule has 0 spiro atoms. The Balaban J connectivity index is 1.56. The number of aryl methyl sites for hydroxylation is 1. The molecule has 6 heteroatoms. The van der Waals surface area contributed by atoms with Gasteiger partial charge >= 0.3 is 0 Å². The number of benzene rings is 1. The molecule has 1 aliphatic rings. The molecule has 3 rings (SSSR count). The van der Waals surface area contributed by atoms with E-state index in [9.17, 15) is 4.79 Å². The second kappa shape index (κ2) is 9.37. The third-order valence-corrected chi connectivity index (χ3v) is 4.77. The van der Waals surface area contributed by atoms with E-state index >= 15 is 0 Å². The first-order valence-electron chi connectivity index (χ1n) is 9.47. The Labute approximate surface area is 161 Å². The first-order valence-corrected chi connectivity index (χ1v) is 9.47. The Hall–Kier alpha value is -2.60. The Morgan fingerprint density at radius 1 is 1.19 bits per heavy atom. The van der Waals surface area contributed by atoms with E-state index < -0.39 is 0 Å². The molecule has 0 aliphatic carbocycles. The zero-order valence-electron chi connectivity index (χ0n) is 16.1. The molecule has 0 atom stereocenters. The van der Waals surface area contributed by atoms with Crippen LogP contribution >= 0.6 is 0 Å². The van der Waals surface area contributed by atoms with E-state index in [-0.39, 0.29) is 5.91 Å². The van der Waals surface area contributed by atoms with Crippen LogP contribution in [-0.4, -0.2) is 62.2 Å². The fourth-order valence-electron chi connectivity index (χ4n) is 3.26. The molecule has 6 nitrogen and oxygen atoms in total. The van der Waals surface area contributed by atoms with Crippen LogP contribution in [0.15, 0.2) is 42.6 Å². The van der Waals surface area contributed by atoms with Crippen molar-refractivity contribution in [2.24, 2.45) is 0 Å². The fourth-order valence-corrected chi connectivity index (χ4v) is 3.26. The van der Waals surface area contributed by atoms with Gasteiger partial charge in [0.2, 0.25) is 0 Å². The summed E-state index contributed by atoms with van der Waals surface area (Å²) in [5.41, 5.74) is 3.89. The molecule has 1 aromatic heterocycles. The lowest BCUT2D eigenvalue weighted by Gasteiger charge is -2.36. The molecule has 144 valence electrons. The summed E-state index contributed by atoms with van der Waals surface area (Å²) in [5, 5.41) is 3.31. The highest BCUT2D eigenvalue weighted by molar-refractivity contribution is 5.93. The molecular weight excluding hydrogens is 340 g/mol. The van der Waals surface area contributed by atoms with Gasteiger partial charge in [0.05, 0.1) is 0 Å². The van der Waals surface area contributed by atoms with Gasteiger partial charge in [-0.2, -0.15) is 0 Å². The van der Waals surface area contributed by atoms with Crippen LogP contribution in [0.25, 0.3) is 0 Å². The van der Waals surface area contributed by atoms with Crippen LogP contribution in [0, 0.1) is 6.92 Å². The molecule has 0 bridgehead atoms. The molecule has 0 radical (unpaired) electrons. The second-order valence-corrected chi connectivity index (χ2v) is 6.82. The third kappa shape index (κ3) is 5.20. The maximum atomic E-state index is 12.8. The van der Waals surface area contributed by atoms with Crippen LogP contribution in [0.4, 0.5) is 11.4 Å². The maximum absolute atomic E-state index is 12.8. The number of pyridine rings is 1. The van der Waals surface area contributed by atoms with E-state index in [1.165, 1.54) is 11.3 Å². The van der Waals surface area contributed by atoms with Crippen LogP contribution in [0.5, 0.6) is 0 Å². The number of nitrogens with zero attached hydrogens (tertiary/aromatic N) is 3. The van der Waals surface area contributed by atoms with E-state index in [0.29, 0.717) is 18.8 Å². The number of hydrogen-bond acceptors (Lipinski definition) is 5. The van der Waals surface area contributed by atoms with Crippen molar-refractivity contribution < 1.29 is 9.53 Å². The number of carbonyl (C=O) groups is 1. The quantitative estimate of drug-likeness (QED) is 0.762. The summed E-state index contributed by atoms with van der Waals surface area (Å²) in [6.45, 7) is 6.72. The molecule has 27 heavy (non-hydrogen) atoms. The smallest absolute Gasteiger partial charge is 0.272 e. The van der Waals surface area contributed by atoms with Crippen LogP contribution in [-0.2, 0) is 4.74 Å². The van der Waals surface area contributed by atoms with Gasteiger partial charge in [-0.1, -0.05) is 12.1 Å². The topological polar surface area (TPSA) is 57.7 Å². The molecule has 2 aromatic rings. The van der Waals surface area contributed by atoms with Crippen LogP contribution in [0.2, 0.25) is 0 Å². The molecule has 2 heterocycles. The lowest BCUT2D eigenvalue weighted by molar-refractivity contribution is 0.0741. The Bertz CT molecular complexity index is 757. The van der Waals surface area contributed by atoms with Gasteiger partial charge in [0, 0.05) is 64.0 Å². The number of amides is 1. The summed E-state index contributed by atoms with van der Waals surface area (Å²) in [5.74, 6) is -0.000524. The normalized spacial score (nSPS) is 14.3. The molecule has 1 aromatic carbocycles. The summed E-state index contributed by atoms with van der Waals surface area (Å²) < 4.78 is 5.05. The number of anilines is 2. The molecule has 1 aliphatic heterocycles. The Morgan fingerprint density at radius 3 is 2.74 bits per heavy atom. The number of methoxy groups -OCH3 is 1. The standard InChI is InChI=1S/C21H28N4O2/c1-17-5-3-6-19(15-17)24-10-12-25(13-11-24)21(26)20-16-18(7-9-23-20)22-8-4-14-27-2/h3,5-7,9,15-16H,4,8,10-14H2,1-2H3,(H,22,23). The van der Waals surface area contributed by atoms with Gasteiger partial charge in [-0.15, -0.1) is 0 Å². The summed E-state index contributed by atoms with van der Waals surface area (Å²) in [7, 11) is 1.70. The number of hydrogen-bond donors (Lipinski definition) is 1. The van der Waals surface area contributed by atoms with Crippen molar-refractivity contribution in [3.63, 3.8) is 0 Å². The van der Waals surface area contributed by atoms with Crippen molar-refractivity contribution in [1.82, 2.24) is 9.88 Å². The number of aromatic nitrogens is 1. The highest BCUT2D eigenvalue weighted by Crippen LogP contribution is 2.19. The molecule has 1 fully saturated rings. The van der Waals surface area contributed by atoms with Gasteiger partial charge in [-0.05, 0) is 43.2 Å². The van der Waals surface area contributed by atoms with Crippen LogP contribution in [0.3, 0.4) is 0 Å². The van der Waals surface area contributed by atoms with Crippen molar-refractivity contribution in [3.05, 3.63) is 53.9 Å². The summed E-state index contributed by atoms with van der Waals surface area (Å²) in [6.07, 6.45) is 2.61. The number of ether oxygens (including phenoxy) is 1. The average molecular weight is 368 g/mol. The molecule has 1 N–H and O–H groups in total. The lowest BCUT2D eigenvalue weighted by Crippen LogP contribution is -2.49. The van der Waals surface area contributed by atoms with Crippen molar-refractivity contribution in [2.75, 3.05) is 56.7 Å². The second-order valence-electron chi connectivity index (χ2n) is 6.82. The molecule has 0 saturated carbocycles. The molecule has 1 amide bonds. The summed E-state index contributed by atoms with van der Waals surface area (Å²) in [6, 6.07) is 12.2. The van der Waals surface area contributed by atoms with E-state index in [2.05, 4.69) is 46.4 Å². The van der Waals surface area contributed by atoms with Gasteiger partial charge in [0.15, 0.2) is 0 Å². The minimum Gasteiger partial charge on any atom is -0.385 e. The van der Waals surface area contributed by atoms with E-state index in [0.717, 1.165) is 38.3 Å². The largest absolute Gasteiger partial charge is 0.385 e. The lowest BCUT2D eigenvalue weighted by atomic mass is 10.2. The van der Waals surface area contributed by atoms with Crippen molar-refractivity contribution in [1.29, 1.82) is 0 Å². The van der Waals surface area contributed by atoms with E-state index in [1.54, 1.807) is 13.3 Å². The number of nitrogens with one attached hydrogen (secondary N) is 1. The van der Waals surface area contributed by atoms with Gasteiger partial charge in [-0.25, -0.2) is 0 Å². The average Bonchev–Trinajstić information content (AvgIpc) is 2.71. The minimum absolute atomic E-state index is 0.000524. The number of piperazine rings is 1. The number of carbonyl (C=O) groups excluding carboxylic acids is 1. The van der Waals surface area contributed by atoms with Gasteiger partial charge in [0.25, 0.3) is 5.91 Å². The van der Waals surface area contributed by atoms with Crippen molar-refractivity contribution >= 4 is 17.3 Å². The van der Waals surface area contributed by atoms with Gasteiger partial charge in [0.1, 0.15) is 5.69 Å². The maximum Gasteiger partial charge on any atom is 0.272 e. The van der Waals surface area contributed by atoms with Crippen LogP contribution < -0.4 is 10.2 Å². The highest BCUT2D eigenvalue weighted by Gasteiger charge is 2.23. The minimum atomic E-state index is -0.000524. The van der Waals surface area contributed by atoms with Crippen molar-refractivity contribution in [3.8, 4) is 0 Å². The Morgan fingerprint density at radius 2 is 2.00 bits per heavy atom. The van der Waals surface area contributed by atoms with Gasteiger partial charge < -0.3 is 19.9 Å². The zero-order chi connectivity index (χ0) is 19.1. The van der Waals surface area contributed by atoms with Crippen LogP contribution in [0.1, 0.15) is 22.5 Å². The van der Waals surface area contributed by atoms with E-state index in [1.807, 2.05) is 17.0 Å². The molecule has 0 unspecified atom stereocenters. The highest BCUT2D eigenvalue weighted by atomic mass is 16.5. The third-order valence-electron chi connectivity index (χ3n) is 4.77. The zero-order valence-corrected chi connectivity index (χ0v) is 16.1. The first-order chi connectivity index (χ1) is 13.2. The van der Waals surface area contributed by atoms with Gasteiger partial charge in [-0.3, -0.25) is 9.78 Å².